The van der Waals surface area contributed by atoms with Gasteiger partial charge in [-0.2, -0.15) is 0 Å². The van der Waals surface area contributed by atoms with Crippen LogP contribution in [0.15, 0.2) is 30.3 Å². The van der Waals surface area contributed by atoms with Crippen molar-refractivity contribution in [3.63, 3.8) is 0 Å². The van der Waals surface area contributed by atoms with E-state index in [-0.39, 0.29) is 12.1 Å². The highest BCUT2D eigenvalue weighted by Crippen LogP contribution is 2.30. The molecule has 2 rings (SSSR count). The molecular weight excluding hydrogens is 302 g/mol. The first-order valence-corrected chi connectivity index (χ1v) is 8.85. The van der Waals surface area contributed by atoms with Gasteiger partial charge in [-0.25, -0.2) is 4.79 Å². The van der Waals surface area contributed by atoms with Crippen LogP contribution in [0.4, 0.5) is 4.79 Å². The molecule has 134 valence electrons. The van der Waals surface area contributed by atoms with Crippen LogP contribution in [-0.2, 0) is 11.3 Å². The number of rotatable bonds is 8. The van der Waals surface area contributed by atoms with E-state index < -0.39 is 5.60 Å². The molecule has 1 unspecified atom stereocenters. The Balaban J connectivity index is 1.84. The summed E-state index contributed by atoms with van der Waals surface area (Å²) in [4.78, 5) is 14.2. The number of hydrogen-bond donors (Lipinski definition) is 2. The lowest BCUT2D eigenvalue weighted by Crippen LogP contribution is -2.44. The van der Waals surface area contributed by atoms with Crippen LogP contribution in [-0.4, -0.2) is 41.8 Å². The van der Waals surface area contributed by atoms with Gasteiger partial charge in [0.1, 0.15) is 5.60 Å². The number of carbonyl (C=O) groups is 1. The molecule has 0 radical (unpaired) electrons. The third kappa shape index (κ3) is 6.49. The highest BCUT2D eigenvalue weighted by molar-refractivity contribution is 5.67. The van der Waals surface area contributed by atoms with Gasteiger partial charge in [0, 0.05) is 31.7 Å². The Morgan fingerprint density at radius 2 is 2.00 bits per heavy atom. The normalized spacial score (nSPS) is 16.0. The van der Waals surface area contributed by atoms with Gasteiger partial charge in [0.25, 0.3) is 0 Å². The largest absolute Gasteiger partial charge is 0.444 e. The average Bonchev–Trinajstić information content (AvgIpc) is 3.34. The molecule has 0 bridgehead atoms. The summed E-state index contributed by atoms with van der Waals surface area (Å²) < 4.78 is 5.27. The van der Waals surface area contributed by atoms with Crippen molar-refractivity contribution in [2.45, 2.75) is 64.3 Å². The average molecular weight is 333 g/mol. The lowest BCUT2D eigenvalue weighted by atomic mass is 10.1. The van der Waals surface area contributed by atoms with Gasteiger partial charge < -0.3 is 15.8 Å². The van der Waals surface area contributed by atoms with E-state index in [0.29, 0.717) is 19.1 Å². The fourth-order valence-corrected chi connectivity index (χ4v) is 2.83. The van der Waals surface area contributed by atoms with E-state index in [2.05, 4.69) is 34.5 Å². The third-order valence-corrected chi connectivity index (χ3v) is 4.11. The Kier molecular flexibility index (Phi) is 6.63. The molecule has 0 saturated heterocycles. The minimum Gasteiger partial charge on any atom is -0.444 e. The molecule has 1 saturated carbocycles. The van der Waals surface area contributed by atoms with E-state index in [1.807, 2.05) is 26.8 Å². The molecule has 1 fully saturated rings. The minimum absolute atomic E-state index is 0.271. The van der Waals surface area contributed by atoms with E-state index in [0.717, 1.165) is 13.0 Å². The Bertz CT molecular complexity index is 509. The van der Waals surface area contributed by atoms with Crippen molar-refractivity contribution in [3.05, 3.63) is 35.9 Å². The molecule has 0 aromatic heterocycles. The minimum atomic E-state index is -0.468. The molecule has 24 heavy (non-hydrogen) atoms. The van der Waals surface area contributed by atoms with Crippen molar-refractivity contribution in [2.24, 2.45) is 5.73 Å². The first-order valence-electron chi connectivity index (χ1n) is 8.85. The predicted molar refractivity (Wildman–Crippen MR) is 96.7 cm³/mol. The van der Waals surface area contributed by atoms with Gasteiger partial charge >= 0.3 is 6.09 Å². The standard InChI is InChI=1S/C19H31N3O2/c1-19(2,3)24-18(23)21-12-11-17(13-20)22(16-9-10-16)14-15-7-5-4-6-8-15/h4-8,16-17H,9-14,20H2,1-3H3,(H,21,23). The second kappa shape index (κ2) is 8.49. The fourth-order valence-electron chi connectivity index (χ4n) is 2.83. The summed E-state index contributed by atoms with van der Waals surface area (Å²) in [6, 6.07) is 11.4. The molecule has 0 heterocycles. The number of carbonyl (C=O) groups excluding carboxylic acids is 1. The first kappa shape index (κ1) is 18.7. The second-order valence-electron chi connectivity index (χ2n) is 7.50. The van der Waals surface area contributed by atoms with Gasteiger partial charge in [0.15, 0.2) is 0 Å². The lowest BCUT2D eigenvalue weighted by molar-refractivity contribution is 0.0521. The van der Waals surface area contributed by atoms with Crippen LogP contribution >= 0.6 is 0 Å². The fraction of sp³-hybridized carbons (Fsp3) is 0.632. The number of amides is 1. The third-order valence-electron chi connectivity index (χ3n) is 4.11. The van der Waals surface area contributed by atoms with Crippen molar-refractivity contribution in [3.8, 4) is 0 Å². The van der Waals surface area contributed by atoms with Gasteiger partial charge in [-0.05, 0) is 45.6 Å². The van der Waals surface area contributed by atoms with Crippen LogP contribution < -0.4 is 11.1 Å². The van der Waals surface area contributed by atoms with Crippen LogP contribution in [0.1, 0.15) is 45.6 Å². The molecule has 1 aromatic carbocycles. The number of nitrogens with two attached hydrogens (primary N) is 1. The molecule has 1 aromatic rings. The molecule has 0 spiro atoms. The highest BCUT2D eigenvalue weighted by Gasteiger charge is 2.33. The first-order chi connectivity index (χ1) is 11.4. The van der Waals surface area contributed by atoms with Crippen LogP contribution in [0.25, 0.3) is 0 Å². The van der Waals surface area contributed by atoms with E-state index in [9.17, 15) is 4.79 Å². The van der Waals surface area contributed by atoms with Crippen molar-refractivity contribution in [1.82, 2.24) is 10.2 Å². The van der Waals surface area contributed by atoms with E-state index in [1.165, 1.54) is 18.4 Å². The molecule has 3 N–H and O–H groups in total. The Hall–Kier alpha value is -1.59. The van der Waals surface area contributed by atoms with Crippen LogP contribution in [0.3, 0.4) is 0 Å². The summed E-state index contributed by atoms with van der Waals surface area (Å²) >= 11 is 0. The van der Waals surface area contributed by atoms with Crippen molar-refractivity contribution < 1.29 is 9.53 Å². The molecule has 1 amide bonds. The van der Waals surface area contributed by atoms with Crippen LogP contribution in [0, 0.1) is 0 Å². The van der Waals surface area contributed by atoms with Crippen molar-refractivity contribution in [2.75, 3.05) is 13.1 Å². The maximum Gasteiger partial charge on any atom is 0.407 e. The summed E-state index contributed by atoms with van der Waals surface area (Å²) in [6.45, 7) is 7.69. The van der Waals surface area contributed by atoms with Gasteiger partial charge in [-0.3, -0.25) is 4.90 Å². The van der Waals surface area contributed by atoms with Gasteiger partial charge in [0.2, 0.25) is 0 Å². The molecular formula is C19H31N3O2. The number of hydrogen-bond acceptors (Lipinski definition) is 4. The smallest absolute Gasteiger partial charge is 0.407 e. The molecule has 5 nitrogen and oxygen atoms in total. The molecule has 5 heteroatoms. The zero-order valence-corrected chi connectivity index (χ0v) is 15.1. The molecule has 1 atom stereocenters. The number of ether oxygens (including phenoxy) is 1. The number of benzene rings is 1. The van der Waals surface area contributed by atoms with Gasteiger partial charge in [-0.1, -0.05) is 30.3 Å². The molecule has 0 aliphatic heterocycles. The summed E-state index contributed by atoms with van der Waals surface area (Å²) in [5, 5.41) is 2.84. The zero-order valence-electron chi connectivity index (χ0n) is 15.1. The predicted octanol–water partition coefficient (Wildman–Crippen LogP) is 2.89. The zero-order chi connectivity index (χ0) is 17.6. The lowest BCUT2D eigenvalue weighted by Gasteiger charge is -2.31. The van der Waals surface area contributed by atoms with Crippen LogP contribution in [0.5, 0.6) is 0 Å². The van der Waals surface area contributed by atoms with Crippen molar-refractivity contribution in [1.29, 1.82) is 0 Å². The summed E-state index contributed by atoms with van der Waals surface area (Å²) in [7, 11) is 0. The van der Waals surface area contributed by atoms with Crippen molar-refractivity contribution >= 4 is 6.09 Å². The molecule has 1 aliphatic carbocycles. The van der Waals surface area contributed by atoms with E-state index in [1.54, 1.807) is 0 Å². The number of alkyl carbamates (subject to hydrolysis) is 1. The quantitative estimate of drug-likeness (QED) is 0.767. The number of nitrogens with zero attached hydrogens (tertiary/aromatic N) is 1. The SMILES string of the molecule is CC(C)(C)OC(=O)NCCC(CN)N(Cc1ccccc1)C1CC1. The number of nitrogens with one attached hydrogen (secondary N) is 1. The van der Waals surface area contributed by atoms with E-state index in [4.69, 9.17) is 10.5 Å². The Labute approximate surface area is 145 Å². The maximum absolute atomic E-state index is 11.8. The summed E-state index contributed by atoms with van der Waals surface area (Å²) in [6.07, 6.45) is 2.95. The maximum atomic E-state index is 11.8. The monoisotopic (exact) mass is 333 g/mol. The Morgan fingerprint density at radius 1 is 1.33 bits per heavy atom. The second-order valence-corrected chi connectivity index (χ2v) is 7.50. The van der Waals surface area contributed by atoms with Gasteiger partial charge in [0.05, 0.1) is 0 Å². The van der Waals surface area contributed by atoms with Gasteiger partial charge in [-0.15, -0.1) is 0 Å². The van der Waals surface area contributed by atoms with E-state index >= 15 is 0 Å². The summed E-state index contributed by atoms with van der Waals surface area (Å²) in [5.41, 5.74) is 6.87. The topological polar surface area (TPSA) is 67.6 Å². The summed E-state index contributed by atoms with van der Waals surface area (Å²) in [5.74, 6) is 0. The van der Waals surface area contributed by atoms with Crippen LogP contribution in [0.2, 0.25) is 0 Å². The molecule has 1 aliphatic rings. The highest BCUT2D eigenvalue weighted by atomic mass is 16.6. The Morgan fingerprint density at radius 3 is 2.54 bits per heavy atom.